The lowest BCUT2D eigenvalue weighted by Crippen LogP contribution is -2.43. The molecule has 0 saturated carbocycles. The van der Waals surface area contributed by atoms with Gasteiger partial charge in [-0.3, -0.25) is 10.1 Å². The van der Waals surface area contributed by atoms with Gasteiger partial charge in [-0.25, -0.2) is 0 Å². The van der Waals surface area contributed by atoms with Gasteiger partial charge >= 0.3 is 0 Å². The lowest BCUT2D eigenvalue weighted by Gasteiger charge is -2.24. The fraction of sp³-hybridized carbons (Fsp3) is 0.250. The van der Waals surface area contributed by atoms with Crippen LogP contribution in [0.25, 0.3) is 0 Å². The average molecular weight is 303 g/mol. The molecule has 0 saturated heterocycles. The van der Waals surface area contributed by atoms with Crippen LogP contribution in [0.5, 0.6) is 0 Å². The van der Waals surface area contributed by atoms with Gasteiger partial charge in [-0.05, 0) is 36.5 Å². The Labute approximate surface area is 127 Å². The number of nitro benzene ring substituents is 1. The van der Waals surface area contributed by atoms with Crippen LogP contribution < -0.4 is 5.73 Å². The van der Waals surface area contributed by atoms with E-state index in [9.17, 15) is 10.1 Å². The van der Waals surface area contributed by atoms with E-state index >= 15 is 0 Å². The number of hydrogen-bond acceptors (Lipinski definition) is 3. The molecule has 0 radical (unpaired) electrons. The van der Waals surface area contributed by atoms with Crippen LogP contribution in [-0.4, -0.2) is 10.5 Å². The Bertz CT molecular complexity index is 690. The molecule has 0 amide bonds. The Morgan fingerprint density at radius 3 is 2.33 bits per heavy atom. The lowest BCUT2D eigenvalue weighted by molar-refractivity contribution is -0.385. The predicted octanol–water partition coefficient (Wildman–Crippen LogP) is 3.29. The lowest BCUT2D eigenvalue weighted by atomic mass is 9.88. The first-order valence-electron chi connectivity index (χ1n) is 6.76. The first-order chi connectivity index (χ1) is 9.98. The first-order valence-corrected chi connectivity index (χ1v) is 7.14. The molecular weight excluding hydrogens is 288 g/mol. The summed E-state index contributed by atoms with van der Waals surface area (Å²) in [5.74, 6) is 0. The van der Waals surface area contributed by atoms with Crippen molar-refractivity contribution in [3.8, 4) is 0 Å². The SMILES string of the molecule is NC1(Cc2c(Cl)cccc2[N+](=O)[O-])Cc2ccccc2C1. The summed E-state index contributed by atoms with van der Waals surface area (Å²) in [6.45, 7) is 0. The van der Waals surface area contributed by atoms with Crippen LogP contribution in [0.15, 0.2) is 42.5 Å². The Hall–Kier alpha value is -1.91. The van der Waals surface area contributed by atoms with Crippen LogP contribution in [0, 0.1) is 10.1 Å². The second-order valence-electron chi connectivity index (χ2n) is 5.66. The summed E-state index contributed by atoms with van der Waals surface area (Å²) in [7, 11) is 0. The van der Waals surface area contributed by atoms with Crippen molar-refractivity contribution in [3.63, 3.8) is 0 Å². The molecule has 0 heterocycles. The van der Waals surface area contributed by atoms with E-state index in [0.29, 0.717) is 29.8 Å². The molecule has 1 aliphatic carbocycles. The molecule has 0 fully saturated rings. The Kier molecular flexibility index (Phi) is 3.43. The van der Waals surface area contributed by atoms with Crippen LogP contribution in [-0.2, 0) is 19.3 Å². The molecule has 0 spiro atoms. The van der Waals surface area contributed by atoms with Gasteiger partial charge < -0.3 is 5.73 Å². The Morgan fingerprint density at radius 2 is 1.76 bits per heavy atom. The maximum Gasteiger partial charge on any atom is 0.274 e. The third-order valence-electron chi connectivity index (χ3n) is 4.02. The number of fused-ring (bicyclic) bond motifs is 1. The largest absolute Gasteiger partial charge is 0.324 e. The molecule has 0 atom stereocenters. The van der Waals surface area contributed by atoms with Crippen LogP contribution in [0.4, 0.5) is 5.69 Å². The van der Waals surface area contributed by atoms with Gasteiger partial charge in [0.25, 0.3) is 5.69 Å². The maximum absolute atomic E-state index is 11.2. The molecule has 0 bridgehead atoms. The molecule has 0 aliphatic heterocycles. The average Bonchev–Trinajstić information content (AvgIpc) is 2.76. The van der Waals surface area contributed by atoms with E-state index in [2.05, 4.69) is 12.1 Å². The smallest absolute Gasteiger partial charge is 0.274 e. The number of halogens is 1. The highest BCUT2D eigenvalue weighted by Crippen LogP contribution is 2.35. The Balaban J connectivity index is 1.94. The minimum absolute atomic E-state index is 0.0447. The first kappa shape index (κ1) is 14.0. The van der Waals surface area contributed by atoms with Gasteiger partial charge in [0, 0.05) is 11.6 Å². The molecular formula is C16H15ClN2O2. The van der Waals surface area contributed by atoms with E-state index in [4.69, 9.17) is 17.3 Å². The van der Waals surface area contributed by atoms with Crippen molar-refractivity contribution in [2.75, 3.05) is 0 Å². The minimum Gasteiger partial charge on any atom is -0.324 e. The van der Waals surface area contributed by atoms with E-state index in [0.717, 1.165) is 0 Å². The third kappa shape index (κ3) is 2.64. The van der Waals surface area contributed by atoms with Gasteiger partial charge in [0.05, 0.1) is 15.5 Å². The summed E-state index contributed by atoms with van der Waals surface area (Å²) in [5, 5.41) is 11.6. The molecule has 0 unspecified atom stereocenters. The number of nitrogens with two attached hydrogens (primary N) is 1. The van der Waals surface area contributed by atoms with Crippen LogP contribution in [0.2, 0.25) is 5.02 Å². The Morgan fingerprint density at radius 1 is 1.14 bits per heavy atom. The standard InChI is InChI=1S/C16H15ClN2O2/c17-14-6-3-7-15(19(20)21)13(14)10-16(18)8-11-4-1-2-5-12(11)9-16/h1-7H,8-10,18H2. The van der Waals surface area contributed by atoms with E-state index in [1.54, 1.807) is 12.1 Å². The zero-order valence-electron chi connectivity index (χ0n) is 11.4. The van der Waals surface area contributed by atoms with Gasteiger partial charge in [0.1, 0.15) is 0 Å². The highest BCUT2D eigenvalue weighted by Gasteiger charge is 2.35. The van der Waals surface area contributed by atoms with Crippen molar-refractivity contribution in [2.45, 2.75) is 24.8 Å². The zero-order valence-corrected chi connectivity index (χ0v) is 12.1. The van der Waals surface area contributed by atoms with Crippen molar-refractivity contribution in [2.24, 2.45) is 5.73 Å². The van der Waals surface area contributed by atoms with Gasteiger partial charge in [-0.15, -0.1) is 0 Å². The molecule has 4 nitrogen and oxygen atoms in total. The third-order valence-corrected chi connectivity index (χ3v) is 4.38. The number of nitrogens with zero attached hydrogens (tertiary/aromatic N) is 1. The molecule has 108 valence electrons. The van der Waals surface area contributed by atoms with Gasteiger partial charge in [0.15, 0.2) is 0 Å². The van der Waals surface area contributed by atoms with Gasteiger partial charge in [0.2, 0.25) is 0 Å². The molecule has 3 rings (SSSR count). The highest BCUT2D eigenvalue weighted by molar-refractivity contribution is 6.31. The fourth-order valence-corrected chi connectivity index (χ4v) is 3.33. The summed E-state index contributed by atoms with van der Waals surface area (Å²) >= 11 is 6.17. The second kappa shape index (κ2) is 5.13. The van der Waals surface area contributed by atoms with Crippen molar-refractivity contribution >= 4 is 17.3 Å². The van der Waals surface area contributed by atoms with Crippen molar-refractivity contribution in [1.82, 2.24) is 0 Å². The topological polar surface area (TPSA) is 69.2 Å². The number of benzene rings is 2. The summed E-state index contributed by atoms with van der Waals surface area (Å²) in [5.41, 5.74) is 8.99. The van der Waals surface area contributed by atoms with E-state index < -0.39 is 10.5 Å². The summed E-state index contributed by atoms with van der Waals surface area (Å²) in [4.78, 5) is 10.8. The second-order valence-corrected chi connectivity index (χ2v) is 6.06. The number of nitro groups is 1. The molecule has 2 aromatic carbocycles. The maximum atomic E-state index is 11.2. The number of hydrogen-bond donors (Lipinski definition) is 1. The van der Waals surface area contributed by atoms with Crippen LogP contribution >= 0.6 is 11.6 Å². The predicted molar refractivity (Wildman–Crippen MR) is 82.6 cm³/mol. The van der Waals surface area contributed by atoms with E-state index in [1.807, 2.05) is 12.1 Å². The van der Waals surface area contributed by atoms with Crippen molar-refractivity contribution < 1.29 is 4.92 Å². The van der Waals surface area contributed by atoms with E-state index in [-0.39, 0.29) is 5.69 Å². The molecule has 2 N–H and O–H groups in total. The normalized spacial score (nSPS) is 15.7. The van der Waals surface area contributed by atoms with Gasteiger partial charge in [-0.2, -0.15) is 0 Å². The quantitative estimate of drug-likeness (QED) is 0.698. The minimum atomic E-state index is -0.514. The molecule has 2 aromatic rings. The fourth-order valence-electron chi connectivity index (χ4n) is 3.09. The molecule has 21 heavy (non-hydrogen) atoms. The van der Waals surface area contributed by atoms with E-state index in [1.165, 1.54) is 17.2 Å². The van der Waals surface area contributed by atoms with Crippen molar-refractivity contribution in [3.05, 3.63) is 74.3 Å². The molecule has 5 heteroatoms. The molecule has 0 aromatic heterocycles. The highest BCUT2D eigenvalue weighted by atomic mass is 35.5. The van der Waals surface area contributed by atoms with Crippen LogP contribution in [0.3, 0.4) is 0 Å². The monoisotopic (exact) mass is 302 g/mol. The van der Waals surface area contributed by atoms with Crippen molar-refractivity contribution in [1.29, 1.82) is 0 Å². The molecule has 1 aliphatic rings. The van der Waals surface area contributed by atoms with Crippen LogP contribution in [0.1, 0.15) is 16.7 Å². The summed E-state index contributed by atoms with van der Waals surface area (Å²) < 4.78 is 0. The summed E-state index contributed by atoms with van der Waals surface area (Å²) in [6.07, 6.45) is 1.83. The van der Waals surface area contributed by atoms with Gasteiger partial charge in [-0.1, -0.05) is 41.9 Å². The number of rotatable bonds is 3. The summed E-state index contributed by atoms with van der Waals surface area (Å²) in [6, 6.07) is 12.8. The zero-order chi connectivity index (χ0) is 15.0.